The largest absolute Gasteiger partial charge is 0.460 e. The van der Waals surface area contributed by atoms with Crippen molar-refractivity contribution >= 4 is 11.9 Å². The number of esters is 2. The first kappa shape index (κ1) is 24.3. The number of rotatable bonds is 13. The van der Waals surface area contributed by atoms with Crippen molar-refractivity contribution in [1.29, 1.82) is 0 Å². The van der Waals surface area contributed by atoms with E-state index in [1.807, 2.05) is 6.92 Å². The summed E-state index contributed by atoms with van der Waals surface area (Å²) in [6, 6.07) is 0. The van der Waals surface area contributed by atoms with E-state index < -0.39 is 29.9 Å². The van der Waals surface area contributed by atoms with E-state index in [9.17, 15) is 19.8 Å². The molecule has 8 nitrogen and oxygen atoms in total. The van der Waals surface area contributed by atoms with Crippen molar-refractivity contribution in [2.75, 3.05) is 26.4 Å². The van der Waals surface area contributed by atoms with Crippen LogP contribution < -0.4 is 0 Å². The summed E-state index contributed by atoms with van der Waals surface area (Å²) < 4.78 is 20.7. The lowest BCUT2D eigenvalue weighted by Crippen LogP contribution is -2.39. The Hall–Kier alpha value is -1.74. The predicted molar refractivity (Wildman–Crippen MR) is 94.2 cm³/mol. The molecule has 0 aromatic rings. The number of aliphatic hydroxyl groups is 2. The third-order valence-electron chi connectivity index (χ3n) is 3.25. The summed E-state index contributed by atoms with van der Waals surface area (Å²) in [4.78, 5) is 22.4. The molecule has 0 rings (SSSR count). The maximum atomic E-state index is 11.2. The van der Waals surface area contributed by atoms with Crippen molar-refractivity contribution in [1.82, 2.24) is 0 Å². The van der Waals surface area contributed by atoms with E-state index >= 15 is 0 Å². The van der Waals surface area contributed by atoms with Gasteiger partial charge in [0, 0.05) is 12.2 Å². The molecule has 2 atom stereocenters. The molecule has 0 saturated carbocycles. The minimum absolute atomic E-state index is 0.111. The van der Waals surface area contributed by atoms with Gasteiger partial charge in [-0.2, -0.15) is 0 Å². The Morgan fingerprint density at radius 2 is 1.27 bits per heavy atom. The van der Waals surface area contributed by atoms with Gasteiger partial charge in [0.1, 0.15) is 25.4 Å². The van der Waals surface area contributed by atoms with Crippen LogP contribution in [0.5, 0.6) is 0 Å². The van der Waals surface area contributed by atoms with Crippen molar-refractivity contribution in [2.45, 2.75) is 52.1 Å². The lowest BCUT2D eigenvalue weighted by molar-refractivity contribution is -0.248. The topological polar surface area (TPSA) is 112 Å². The Morgan fingerprint density at radius 1 is 0.885 bits per heavy atom. The summed E-state index contributed by atoms with van der Waals surface area (Å²) in [5, 5.41) is 19.6. The van der Waals surface area contributed by atoms with Crippen LogP contribution in [-0.2, 0) is 28.5 Å². The molecule has 0 heterocycles. The highest BCUT2D eigenvalue weighted by Gasteiger charge is 2.26. The minimum atomic E-state index is -1.05. The Morgan fingerprint density at radius 3 is 1.58 bits per heavy atom. The van der Waals surface area contributed by atoms with E-state index in [0.717, 1.165) is 0 Å². The van der Waals surface area contributed by atoms with Gasteiger partial charge in [0.05, 0.1) is 13.2 Å². The monoisotopic (exact) mass is 374 g/mol. The SMILES string of the molecule is CC=CC(=O)OCC(O)COC(C)(CC)OCC(O)COC(=O)C=CC. The molecule has 26 heavy (non-hydrogen) atoms. The maximum absolute atomic E-state index is 11.2. The quantitative estimate of drug-likeness (QED) is 0.280. The first-order chi connectivity index (χ1) is 12.3. The highest BCUT2D eigenvalue weighted by atomic mass is 16.7. The zero-order chi connectivity index (χ0) is 20.0. The maximum Gasteiger partial charge on any atom is 0.330 e. The number of carbonyl (C=O) groups excluding carboxylic acids is 2. The van der Waals surface area contributed by atoms with Crippen LogP contribution in [0.15, 0.2) is 24.3 Å². The van der Waals surface area contributed by atoms with E-state index in [4.69, 9.17) is 18.9 Å². The van der Waals surface area contributed by atoms with Crippen molar-refractivity contribution in [3.05, 3.63) is 24.3 Å². The molecule has 0 saturated heterocycles. The second-order valence-electron chi connectivity index (χ2n) is 5.68. The van der Waals surface area contributed by atoms with Crippen LogP contribution in [0.2, 0.25) is 0 Å². The van der Waals surface area contributed by atoms with Gasteiger partial charge in [-0.15, -0.1) is 0 Å². The predicted octanol–water partition coefficient (Wildman–Crippen LogP) is 1.11. The standard InChI is InChI=1S/C18H30O8/c1-5-8-16(21)23-10-14(19)12-25-18(4,7-3)26-13-15(20)11-24-17(22)9-6-2/h5-6,8-9,14-15,19-20H,7,10-13H2,1-4H3. The average Bonchev–Trinajstić information content (AvgIpc) is 2.62. The third-order valence-corrected chi connectivity index (χ3v) is 3.25. The van der Waals surface area contributed by atoms with Gasteiger partial charge in [-0.05, 0) is 27.2 Å². The van der Waals surface area contributed by atoms with Gasteiger partial charge in [0.15, 0.2) is 5.79 Å². The molecule has 8 heteroatoms. The van der Waals surface area contributed by atoms with Crippen LogP contribution in [0.3, 0.4) is 0 Å². The Bertz CT molecular complexity index is 434. The number of hydrogen-bond donors (Lipinski definition) is 2. The van der Waals surface area contributed by atoms with Crippen molar-refractivity contribution in [3.63, 3.8) is 0 Å². The molecule has 0 radical (unpaired) electrons. The van der Waals surface area contributed by atoms with E-state index in [0.29, 0.717) is 6.42 Å². The second-order valence-corrected chi connectivity index (χ2v) is 5.68. The third kappa shape index (κ3) is 11.8. The molecule has 0 aromatic heterocycles. The van der Waals surface area contributed by atoms with Crippen LogP contribution >= 0.6 is 0 Å². The number of aliphatic hydroxyl groups excluding tert-OH is 2. The summed E-state index contributed by atoms with van der Waals surface area (Å²) >= 11 is 0. The zero-order valence-electron chi connectivity index (χ0n) is 15.8. The lowest BCUT2D eigenvalue weighted by atomic mass is 10.2. The molecule has 2 N–H and O–H groups in total. The number of carbonyl (C=O) groups is 2. The molecule has 0 amide bonds. The molecule has 0 aromatic carbocycles. The van der Waals surface area contributed by atoms with Crippen LogP contribution in [-0.4, -0.2) is 66.6 Å². The van der Waals surface area contributed by atoms with Gasteiger partial charge in [0.25, 0.3) is 0 Å². The molecule has 0 spiro atoms. The van der Waals surface area contributed by atoms with Gasteiger partial charge >= 0.3 is 11.9 Å². The van der Waals surface area contributed by atoms with Gasteiger partial charge in [-0.1, -0.05) is 19.1 Å². The molecule has 0 fully saturated rings. The van der Waals surface area contributed by atoms with E-state index in [1.165, 1.54) is 24.3 Å². The van der Waals surface area contributed by atoms with Gasteiger partial charge in [-0.3, -0.25) is 0 Å². The molecule has 0 bridgehead atoms. The van der Waals surface area contributed by atoms with Crippen molar-refractivity contribution in [2.24, 2.45) is 0 Å². The van der Waals surface area contributed by atoms with Crippen LogP contribution in [0, 0.1) is 0 Å². The van der Waals surface area contributed by atoms with Gasteiger partial charge in [-0.25, -0.2) is 9.59 Å². The first-order valence-corrected chi connectivity index (χ1v) is 8.49. The molecule has 0 aliphatic rings. The summed E-state index contributed by atoms with van der Waals surface area (Å²) in [5.74, 6) is -2.14. The number of ether oxygens (including phenoxy) is 4. The molecule has 0 aliphatic heterocycles. The van der Waals surface area contributed by atoms with E-state index in [1.54, 1.807) is 20.8 Å². The molecular formula is C18H30O8. The average molecular weight is 374 g/mol. The fourth-order valence-corrected chi connectivity index (χ4v) is 1.61. The Kier molecular flexibility index (Phi) is 12.6. The van der Waals surface area contributed by atoms with Crippen LogP contribution in [0.4, 0.5) is 0 Å². The molecular weight excluding hydrogens is 344 g/mol. The summed E-state index contributed by atoms with van der Waals surface area (Å²) in [7, 11) is 0. The van der Waals surface area contributed by atoms with Crippen molar-refractivity contribution in [3.8, 4) is 0 Å². The number of allylic oxidation sites excluding steroid dienone is 2. The van der Waals surface area contributed by atoms with Gasteiger partial charge in [0.2, 0.25) is 0 Å². The molecule has 2 unspecified atom stereocenters. The summed E-state index contributed by atoms with van der Waals surface area (Å²) in [6.45, 7) is 6.21. The summed E-state index contributed by atoms with van der Waals surface area (Å²) in [5.41, 5.74) is 0. The van der Waals surface area contributed by atoms with Gasteiger partial charge < -0.3 is 29.2 Å². The van der Waals surface area contributed by atoms with Crippen LogP contribution in [0.1, 0.15) is 34.1 Å². The minimum Gasteiger partial charge on any atom is -0.460 e. The molecule has 150 valence electrons. The Labute approximate surface area is 154 Å². The normalized spacial score (nSPS) is 16.4. The number of hydrogen-bond acceptors (Lipinski definition) is 8. The lowest BCUT2D eigenvalue weighted by Gasteiger charge is -2.30. The Balaban J connectivity index is 4.21. The van der Waals surface area contributed by atoms with Crippen LogP contribution in [0.25, 0.3) is 0 Å². The van der Waals surface area contributed by atoms with E-state index in [-0.39, 0.29) is 26.4 Å². The highest BCUT2D eigenvalue weighted by Crippen LogP contribution is 2.18. The first-order valence-electron chi connectivity index (χ1n) is 8.49. The highest BCUT2D eigenvalue weighted by molar-refractivity contribution is 5.82. The fourth-order valence-electron chi connectivity index (χ4n) is 1.61. The second kappa shape index (κ2) is 13.5. The van der Waals surface area contributed by atoms with Crippen molar-refractivity contribution < 1.29 is 38.7 Å². The zero-order valence-corrected chi connectivity index (χ0v) is 15.8. The summed E-state index contributed by atoms with van der Waals surface area (Å²) in [6.07, 6.45) is 4.00. The fraction of sp³-hybridized carbons (Fsp3) is 0.667. The smallest absolute Gasteiger partial charge is 0.330 e. The van der Waals surface area contributed by atoms with E-state index in [2.05, 4.69) is 0 Å². The molecule has 0 aliphatic carbocycles.